The summed E-state index contributed by atoms with van der Waals surface area (Å²) in [7, 11) is 0. The van der Waals surface area contributed by atoms with Crippen molar-refractivity contribution in [2.45, 2.75) is 50.4 Å². The van der Waals surface area contributed by atoms with Crippen molar-refractivity contribution in [2.75, 3.05) is 6.54 Å². The molecule has 6 nitrogen and oxygen atoms in total. The molecule has 0 bridgehead atoms. The molecule has 0 amide bonds. The summed E-state index contributed by atoms with van der Waals surface area (Å²) < 4.78 is 38.7. The molecule has 2 N–H and O–H groups in total. The number of alkyl halides is 3. The Morgan fingerprint density at radius 2 is 1.96 bits per heavy atom. The second kappa shape index (κ2) is 6.95. The topological polar surface area (TPSA) is 75.6 Å². The maximum Gasteiger partial charge on any atom is 0.390 e. The number of rotatable bonds is 4. The van der Waals surface area contributed by atoms with Crippen molar-refractivity contribution < 1.29 is 13.2 Å². The van der Waals surface area contributed by atoms with Crippen LogP contribution in [0.15, 0.2) is 29.5 Å². The molecule has 1 saturated carbocycles. The van der Waals surface area contributed by atoms with Crippen LogP contribution in [0.25, 0.3) is 22.1 Å². The Labute approximate surface area is 152 Å². The molecule has 0 aromatic carbocycles. The van der Waals surface area contributed by atoms with Gasteiger partial charge in [-0.15, -0.1) is 0 Å². The lowest BCUT2D eigenvalue weighted by Crippen LogP contribution is -2.37. The van der Waals surface area contributed by atoms with E-state index in [0.717, 1.165) is 36.6 Å². The average molecular weight is 379 g/mol. The van der Waals surface area contributed by atoms with Gasteiger partial charge in [0.15, 0.2) is 0 Å². The zero-order chi connectivity index (χ0) is 19.0. The Balaban J connectivity index is 1.55. The minimum absolute atomic E-state index is 0.00386. The van der Waals surface area contributed by atoms with Crippen molar-refractivity contribution in [1.82, 2.24) is 24.8 Å². The Morgan fingerprint density at radius 3 is 2.70 bits per heavy atom. The highest BCUT2D eigenvalue weighted by molar-refractivity contribution is 6.00. The number of fused-ring (bicyclic) bond motifs is 3. The maximum absolute atomic E-state index is 12.6. The standard InChI is InChI=1S/C18H20F3N5O/c19-18(20,21)6-8-22-11-1-3-12(4-2-11)26-15(27)10-24-14-9-25-17-13(16(14)26)5-7-23-17/h5,7,9-12,22H,1-4,6,8H2,(H,23,25)/t11-,12-. The number of hydrogen-bond acceptors (Lipinski definition) is 4. The summed E-state index contributed by atoms with van der Waals surface area (Å²) in [5.41, 5.74) is 1.96. The highest BCUT2D eigenvalue weighted by atomic mass is 19.4. The van der Waals surface area contributed by atoms with Gasteiger partial charge in [-0.1, -0.05) is 0 Å². The molecule has 0 unspecified atom stereocenters. The molecular formula is C18H20F3N5O. The van der Waals surface area contributed by atoms with Crippen molar-refractivity contribution in [2.24, 2.45) is 0 Å². The molecule has 1 aliphatic rings. The molecule has 0 aliphatic heterocycles. The van der Waals surface area contributed by atoms with E-state index in [0.29, 0.717) is 11.2 Å². The van der Waals surface area contributed by atoms with E-state index in [4.69, 9.17) is 0 Å². The maximum atomic E-state index is 12.6. The van der Waals surface area contributed by atoms with Crippen LogP contribution in [0.3, 0.4) is 0 Å². The van der Waals surface area contributed by atoms with Gasteiger partial charge in [-0.05, 0) is 31.7 Å². The number of halogens is 3. The number of nitrogens with one attached hydrogen (secondary N) is 2. The Kier molecular flexibility index (Phi) is 4.63. The van der Waals surface area contributed by atoms with Gasteiger partial charge in [0.05, 0.1) is 24.3 Å². The van der Waals surface area contributed by atoms with E-state index in [1.165, 1.54) is 6.20 Å². The normalized spacial score (nSPS) is 21.1. The average Bonchev–Trinajstić information content (AvgIpc) is 3.10. The van der Waals surface area contributed by atoms with Gasteiger partial charge < -0.3 is 14.9 Å². The van der Waals surface area contributed by atoms with E-state index in [-0.39, 0.29) is 24.2 Å². The summed E-state index contributed by atoms with van der Waals surface area (Å²) in [6.45, 7) is -0.0629. The Hall–Kier alpha value is -2.42. The fraction of sp³-hybridized carbons (Fsp3) is 0.500. The quantitative estimate of drug-likeness (QED) is 0.729. The number of hydrogen-bond donors (Lipinski definition) is 2. The SMILES string of the molecule is O=c1cnc2cnc3[nH]ccc3c2n1[C@H]1CC[C@H](NCCC(F)(F)F)CC1. The molecule has 1 fully saturated rings. The first-order valence-corrected chi connectivity index (χ1v) is 9.06. The summed E-state index contributed by atoms with van der Waals surface area (Å²) in [5.74, 6) is 0. The lowest BCUT2D eigenvalue weighted by Gasteiger charge is -2.31. The summed E-state index contributed by atoms with van der Waals surface area (Å²) in [5, 5.41) is 3.84. The molecule has 1 aliphatic carbocycles. The second-order valence-electron chi connectivity index (χ2n) is 7.02. The Bertz CT molecular complexity index is 1000. The lowest BCUT2D eigenvalue weighted by molar-refractivity contribution is -0.133. The summed E-state index contributed by atoms with van der Waals surface area (Å²) in [4.78, 5) is 24.2. The van der Waals surface area contributed by atoms with Crippen LogP contribution < -0.4 is 10.9 Å². The molecule has 9 heteroatoms. The smallest absolute Gasteiger partial charge is 0.346 e. The molecule has 0 saturated heterocycles. The largest absolute Gasteiger partial charge is 0.390 e. The predicted molar refractivity (Wildman–Crippen MR) is 95.6 cm³/mol. The fourth-order valence-corrected chi connectivity index (χ4v) is 3.95. The molecule has 3 aromatic rings. The highest BCUT2D eigenvalue weighted by Crippen LogP contribution is 2.31. The van der Waals surface area contributed by atoms with Crippen LogP contribution in [-0.4, -0.2) is 38.3 Å². The van der Waals surface area contributed by atoms with E-state index in [1.807, 2.05) is 6.07 Å². The molecule has 27 heavy (non-hydrogen) atoms. The number of H-pyrrole nitrogens is 1. The predicted octanol–water partition coefficient (Wildman–Crippen LogP) is 3.30. The van der Waals surface area contributed by atoms with Gasteiger partial charge in [0.1, 0.15) is 11.2 Å². The fourth-order valence-electron chi connectivity index (χ4n) is 3.95. The number of nitrogens with zero attached hydrogens (tertiary/aromatic N) is 3. The van der Waals surface area contributed by atoms with Crippen LogP contribution in [0, 0.1) is 0 Å². The van der Waals surface area contributed by atoms with Crippen LogP contribution in [-0.2, 0) is 0 Å². The third kappa shape index (κ3) is 3.69. The third-order valence-electron chi connectivity index (χ3n) is 5.23. The van der Waals surface area contributed by atoms with Gasteiger partial charge in [0.2, 0.25) is 0 Å². The minimum Gasteiger partial charge on any atom is -0.346 e. The van der Waals surface area contributed by atoms with Crippen LogP contribution in [0.1, 0.15) is 38.1 Å². The van der Waals surface area contributed by atoms with E-state index in [9.17, 15) is 18.0 Å². The van der Waals surface area contributed by atoms with Gasteiger partial charge in [-0.25, -0.2) is 9.97 Å². The third-order valence-corrected chi connectivity index (χ3v) is 5.23. The zero-order valence-electron chi connectivity index (χ0n) is 14.6. The van der Waals surface area contributed by atoms with Crippen molar-refractivity contribution in [3.05, 3.63) is 35.0 Å². The van der Waals surface area contributed by atoms with Gasteiger partial charge in [-0.3, -0.25) is 4.79 Å². The van der Waals surface area contributed by atoms with Crippen LogP contribution in [0.2, 0.25) is 0 Å². The summed E-state index contributed by atoms with van der Waals surface area (Å²) >= 11 is 0. The van der Waals surface area contributed by atoms with Crippen molar-refractivity contribution >= 4 is 22.1 Å². The summed E-state index contributed by atoms with van der Waals surface area (Å²) in [6.07, 6.45) is 2.72. The Morgan fingerprint density at radius 1 is 1.19 bits per heavy atom. The molecule has 0 atom stereocenters. The van der Waals surface area contributed by atoms with Crippen molar-refractivity contribution in [3.63, 3.8) is 0 Å². The molecule has 144 valence electrons. The first-order chi connectivity index (χ1) is 12.9. The molecule has 3 heterocycles. The molecular weight excluding hydrogens is 359 g/mol. The van der Waals surface area contributed by atoms with E-state index in [2.05, 4.69) is 20.3 Å². The minimum atomic E-state index is -4.14. The molecule has 4 rings (SSSR count). The molecule has 0 spiro atoms. The van der Waals surface area contributed by atoms with Gasteiger partial charge in [-0.2, -0.15) is 13.2 Å². The summed E-state index contributed by atoms with van der Waals surface area (Å²) in [6, 6.07) is 1.94. The number of pyridine rings is 1. The first kappa shape index (κ1) is 18.0. The monoisotopic (exact) mass is 379 g/mol. The zero-order valence-corrected chi connectivity index (χ0v) is 14.6. The first-order valence-electron chi connectivity index (χ1n) is 9.06. The number of aromatic nitrogens is 4. The van der Waals surface area contributed by atoms with Gasteiger partial charge >= 0.3 is 6.18 Å². The van der Waals surface area contributed by atoms with E-state index in [1.54, 1.807) is 17.0 Å². The number of aromatic amines is 1. The van der Waals surface area contributed by atoms with E-state index >= 15 is 0 Å². The van der Waals surface area contributed by atoms with Crippen molar-refractivity contribution in [3.8, 4) is 0 Å². The molecule has 3 aromatic heterocycles. The van der Waals surface area contributed by atoms with Gasteiger partial charge in [0, 0.05) is 30.2 Å². The lowest BCUT2D eigenvalue weighted by atomic mass is 9.90. The van der Waals surface area contributed by atoms with E-state index < -0.39 is 12.6 Å². The second-order valence-corrected chi connectivity index (χ2v) is 7.02. The van der Waals surface area contributed by atoms with Crippen LogP contribution in [0.5, 0.6) is 0 Å². The molecule has 0 radical (unpaired) electrons. The van der Waals surface area contributed by atoms with Crippen LogP contribution in [0.4, 0.5) is 13.2 Å². The highest BCUT2D eigenvalue weighted by Gasteiger charge is 2.28. The van der Waals surface area contributed by atoms with Gasteiger partial charge in [0.25, 0.3) is 5.56 Å². The van der Waals surface area contributed by atoms with Crippen molar-refractivity contribution in [1.29, 1.82) is 0 Å². The van der Waals surface area contributed by atoms with Crippen LogP contribution >= 0.6 is 0 Å².